The molecule has 0 aromatic rings. The largest absolute Gasteiger partial charge is 0.394 e. The number of aliphatic hydroxyl groups excluding tert-OH is 8. The van der Waals surface area contributed by atoms with Gasteiger partial charge in [0.2, 0.25) is 5.79 Å². The summed E-state index contributed by atoms with van der Waals surface area (Å²) in [6.45, 7) is -1.17. The van der Waals surface area contributed by atoms with Crippen LogP contribution in [0, 0.1) is 0 Å². The van der Waals surface area contributed by atoms with Crippen LogP contribution in [0.15, 0.2) is 12.2 Å². The molecule has 1 aliphatic rings. The molecular formula is C33H64O12. The van der Waals surface area contributed by atoms with Crippen LogP contribution in [0.3, 0.4) is 0 Å². The molecule has 0 radical (unpaired) electrons. The highest BCUT2D eigenvalue weighted by Crippen LogP contribution is 2.52. The van der Waals surface area contributed by atoms with E-state index in [1.165, 1.54) is 38.5 Å². The lowest BCUT2D eigenvalue weighted by Gasteiger charge is -2.61. The summed E-state index contributed by atoms with van der Waals surface area (Å²) in [6.07, 6.45) is 9.10. The van der Waals surface area contributed by atoms with Gasteiger partial charge in [0.1, 0.15) is 17.8 Å². The predicted molar refractivity (Wildman–Crippen MR) is 169 cm³/mol. The summed E-state index contributed by atoms with van der Waals surface area (Å²) in [5.74, 6) is -2.40. The van der Waals surface area contributed by atoms with Crippen LogP contribution >= 0.6 is 0 Å². The van der Waals surface area contributed by atoms with Gasteiger partial charge in [-0.1, -0.05) is 76.9 Å². The van der Waals surface area contributed by atoms with Crippen molar-refractivity contribution in [3.63, 3.8) is 0 Å². The van der Waals surface area contributed by atoms with E-state index in [9.17, 15) is 51.1 Å². The lowest BCUT2D eigenvalue weighted by molar-refractivity contribution is -0.438. The minimum atomic E-state index is -2.79. The Morgan fingerprint density at radius 3 is 1.64 bits per heavy atom. The first-order valence-corrected chi connectivity index (χ1v) is 17.1. The Hall–Kier alpha value is -0.740. The third kappa shape index (κ3) is 13.0. The number of allylic oxidation sites excluding steroid dienone is 2. The van der Waals surface area contributed by atoms with E-state index in [2.05, 4.69) is 19.1 Å². The lowest BCUT2D eigenvalue weighted by Crippen LogP contribution is -2.81. The van der Waals surface area contributed by atoms with Gasteiger partial charge in [-0.2, -0.15) is 0 Å². The number of rotatable bonds is 27. The summed E-state index contributed by atoms with van der Waals surface area (Å²) in [4.78, 5) is 0. The summed E-state index contributed by atoms with van der Waals surface area (Å²) in [6, 6.07) is 0. The molecule has 268 valence electrons. The SMILES string of the molecule is CCCCCCCC/C=C\CCCCCCCCOC1(CC(O)CO)O[C@H](CO)[C@@H](O)[C@@](O)(CC(O)CO)[C@]1(O)CC(O)CO. The Kier molecular flexibility index (Phi) is 21.4. The summed E-state index contributed by atoms with van der Waals surface area (Å²) >= 11 is 0. The molecule has 1 heterocycles. The third-order valence-corrected chi connectivity index (χ3v) is 8.92. The molecule has 0 spiro atoms. The average Bonchev–Trinajstić information content (AvgIpc) is 3.03. The molecule has 0 saturated carbocycles. The highest BCUT2D eigenvalue weighted by Gasteiger charge is 2.72. The number of unbranched alkanes of at least 4 members (excludes halogenated alkanes) is 12. The summed E-state index contributed by atoms with van der Waals surface area (Å²) in [7, 11) is 0. The van der Waals surface area contributed by atoms with Crippen molar-refractivity contribution in [3.8, 4) is 0 Å². The zero-order valence-corrected chi connectivity index (χ0v) is 27.4. The molecule has 10 N–H and O–H groups in total. The van der Waals surface area contributed by atoms with Gasteiger partial charge in [-0.05, 0) is 32.1 Å². The molecule has 0 aliphatic carbocycles. The maximum Gasteiger partial charge on any atom is 0.203 e. The Bertz CT molecular complexity index is 772. The van der Waals surface area contributed by atoms with E-state index in [4.69, 9.17) is 9.47 Å². The molecule has 0 amide bonds. The highest BCUT2D eigenvalue weighted by molar-refractivity contribution is 5.18. The summed E-state index contributed by atoms with van der Waals surface area (Å²) in [5.41, 5.74) is -5.54. The number of aliphatic hydroxyl groups is 10. The fourth-order valence-electron chi connectivity index (χ4n) is 6.27. The maximum absolute atomic E-state index is 12.1. The van der Waals surface area contributed by atoms with Crippen LogP contribution in [0.4, 0.5) is 0 Å². The standard InChI is InChI=1S/C33H64O12/c1-2-3-4-5-6-7-8-9-10-11-12-13-14-15-16-17-18-44-33(21-28(40)24-36)32(43,20-27(39)23-35)31(42,19-26(38)22-34)30(41)29(25-37)45-33/h9-10,26-30,34-43H,2-8,11-25H2,1H3/b10-9-/t26?,27?,28?,29-,30-,31+,32-,33?/m1/s1. The first-order chi connectivity index (χ1) is 21.5. The molecule has 1 fully saturated rings. The first-order valence-electron chi connectivity index (χ1n) is 17.1. The van der Waals surface area contributed by atoms with Crippen LogP contribution in [0.25, 0.3) is 0 Å². The first kappa shape index (κ1) is 42.3. The van der Waals surface area contributed by atoms with Crippen molar-refractivity contribution >= 4 is 0 Å². The number of ether oxygens (including phenoxy) is 2. The van der Waals surface area contributed by atoms with Crippen molar-refractivity contribution < 1.29 is 60.5 Å². The zero-order valence-electron chi connectivity index (χ0n) is 27.4. The Morgan fingerprint density at radius 2 is 1.13 bits per heavy atom. The van der Waals surface area contributed by atoms with Crippen molar-refractivity contribution in [2.24, 2.45) is 0 Å². The van der Waals surface area contributed by atoms with Crippen molar-refractivity contribution in [1.29, 1.82) is 0 Å². The van der Waals surface area contributed by atoms with Gasteiger partial charge in [0.15, 0.2) is 5.60 Å². The Balaban J connectivity index is 2.82. The minimum Gasteiger partial charge on any atom is -0.394 e. The fourth-order valence-corrected chi connectivity index (χ4v) is 6.27. The van der Waals surface area contributed by atoms with Crippen LogP contribution in [0.1, 0.15) is 116 Å². The topological polar surface area (TPSA) is 221 Å². The maximum atomic E-state index is 12.1. The van der Waals surface area contributed by atoms with Crippen LogP contribution in [0.5, 0.6) is 0 Å². The molecule has 12 heteroatoms. The van der Waals surface area contributed by atoms with Gasteiger partial charge in [-0.15, -0.1) is 0 Å². The average molecular weight is 653 g/mol. The van der Waals surface area contributed by atoms with Crippen LogP contribution in [0.2, 0.25) is 0 Å². The molecule has 0 aromatic heterocycles. The quantitative estimate of drug-likeness (QED) is 0.0447. The number of hydrogen-bond donors (Lipinski definition) is 10. The van der Waals surface area contributed by atoms with Gasteiger partial charge in [-0.3, -0.25) is 0 Å². The third-order valence-electron chi connectivity index (χ3n) is 8.92. The summed E-state index contributed by atoms with van der Waals surface area (Å²) in [5, 5.41) is 105. The Morgan fingerprint density at radius 1 is 0.667 bits per heavy atom. The van der Waals surface area contributed by atoms with Gasteiger partial charge in [0.05, 0.1) is 51.3 Å². The van der Waals surface area contributed by atoms with Crippen LogP contribution in [-0.2, 0) is 9.47 Å². The van der Waals surface area contributed by atoms with Gasteiger partial charge < -0.3 is 60.5 Å². The van der Waals surface area contributed by atoms with E-state index in [0.29, 0.717) is 6.42 Å². The van der Waals surface area contributed by atoms with E-state index in [0.717, 1.165) is 44.9 Å². The smallest absolute Gasteiger partial charge is 0.203 e. The molecule has 1 rings (SSSR count). The second-order valence-electron chi connectivity index (χ2n) is 12.7. The fraction of sp³-hybridized carbons (Fsp3) is 0.939. The van der Waals surface area contributed by atoms with Crippen molar-refractivity contribution in [2.75, 3.05) is 33.0 Å². The zero-order chi connectivity index (χ0) is 33.8. The van der Waals surface area contributed by atoms with E-state index in [-0.39, 0.29) is 6.61 Å². The van der Waals surface area contributed by atoms with Gasteiger partial charge in [0.25, 0.3) is 0 Å². The van der Waals surface area contributed by atoms with E-state index < -0.39 is 93.2 Å². The Labute approximate surface area is 269 Å². The molecular weight excluding hydrogens is 588 g/mol. The van der Waals surface area contributed by atoms with Crippen molar-refractivity contribution in [1.82, 2.24) is 0 Å². The lowest BCUT2D eigenvalue weighted by atomic mass is 9.63. The van der Waals surface area contributed by atoms with E-state index in [1.54, 1.807) is 0 Å². The van der Waals surface area contributed by atoms with Crippen molar-refractivity contribution in [2.45, 2.75) is 164 Å². The molecule has 1 saturated heterocycles. The van der Waals surface area contributed by atoms with Gasteiger partial charge in [0, 0.05) is 19.3 Å². The molecule has 0 bridgehead atoms. The predicted octanol–water partition coefficient (Wildman–Crippen LogP) is 1.18. The molecule has 4 unspecified atom stereocenters. The molecule has 1 aliphatic heterocycles. The van der Waals surface area contributed by atoms with Gasteiger partial charge >= 0.3 is 0 Å². The summed E-state index contributed by atoms with van der Waals surface area (Å²) < 4.78 is 11.9. The minimum absolute atomic E-state index is 0.0518. The molecule has 0 aromatic carbocycles. The van der Waals surface area contributed by atoms with Crippen LogP contribution < -0.4 is 0 Å². The molecule has 12 nitrogen and oxygen atoms in total. The second kappa shape index (κ2) is 22.8. The normalized spacial score (nSPS) is 29.3. The molecule has 8 atom stereocenters. The van der Waals surface area contributed by atoms with Gasteiger partial charge in [-0.25, -0.2) is 0 Å². The second-order valence-corrected chi connectivity index (χ2v) is 12.7. The monoisotopic (exact) mass is 652 g/mol. The van der Waals surface area contributed by atoms with Crippen LogP contribution in [-0.4, -0.2) is 132 Å². The van der Waals surface area contributed by atoms with Crippen molar-refractivity contribution in [3.05, 3.63) is 12.2 Å². The van der Waals surface area contributed by atoms with E-state index in [1.807, 2.05) is 0 Å². The highest BCUT2D eigenvalue weighted by atomic mass is 16.7. The molecule has 45 heavy (non-hydrogen) atoms. The number of hydrogen-bond acceptors (Lipinski definition) is 12. The van der Waals surface area contributed by atoms with E-state index >= 15 is 0 Å².